The molecular formula is C23H22F2N2O3. The van der Waals surface area contributed by atoms with E-state index in [1.807, 2.05) is 13.8 Å². The van der Waals surface area contributed by atoms with E-state index in [0.717, 1.165) is 11.0 Å². The Kier molecular flexibility index (Phi) is 4.71. The zero-order valence-electron chi connectivity index (χ0n) is 16.8. The average molecular weight is 412 g/mol. The van der Waals surface area contributed by atoms with E-state index < -0.39 is 28.9 Å². The van der Waals surface area contributed by atoms with E-state index in [0.29, 0.717) is 23.1 Å². The average Bonchev–Trinajstić information content (AvgIpc) is 3.18. The molecule has 156 valence electrons. The number of benzene rings is 2. The van der Waals surface area contributed by atoms with E-state index in [9.17, 15) is 23.2 Å². The second-order valence-electron chi connectivity index (χ2n) is 8.60. The maximum atomic E-state index is 14.4. The molecule has 1 aliphatic heterocycles. The van der Waals surface area contributed by atoms with Gasteiger partial charge in [-0.15, -0.1) is 0 Å². The third-order valence-corrected chi connectivity index (χ3v) is 6.39. The van der Waals surface area contributed by atoms with Crippen LogP contribution in [0.25, 0.3) is 0 Å². The number of imide groups is 1. The van der Waals surface area contributed by atoms with Crippen LogP contribution in [0.5, 0.6) is 0 Å². The van der Waals surface area contributed by atoms with E-state index in [2.05, 4.69) is 5.32 Å². The molecule has 2 aromatic carbocycles. The first kappa shape index (κ1) is 20.2. The molecule has 1 saturated carbocycles. The number of fused-ring (bicyclic) bond motifs is 1. The zero-order valence-corrected chi connectivity index (χ0v) is 16.8. The van der Waals surface area contributed by atoms with Crippen molar-refractivity contribution in [3.05, 3.63) is 70.8 Å². The van der Waals surface area contributed by atoms with Crippen LogP contribution in [0.1, 0.15) is 53.0 Å². The molecule has 1 atom stereocenters. The first-order valence-electron chi connectivity index (χ1n) is 9.84. The van der Waals surface area contributed by atoms with Gasteiger partial charge < -0.3 is 5.32 Å². The second kappa shape index (κ2) is 7.00. The molecule has 1 heterocycles. The van der Waals surface area contributed by atoms with E-state index in [4.69, 9.17) is 0 Å². The molecule has 3 amide bonds. The summed E-state index contributed by atoms with van der Waals surface area (Å²) in [5.41, 5.74) is 0.202. The van der Waals surface area contributed by atoms with Crippen LogP contribution in [0.3, 0.4) is 0 Å². The third kappa shape index (κ3) is 3.18. The van der Waals surface area contributed by atoms with Crippen molar-refractivity contribution >= 4 is 17.7 Å². The zero-order chi connectivity index (χ0) is 21.7. The van der Waals surface area contributed by atoms with Gasteiger partial charge in [0.25, 0.3) is 11.8 Å². The van der Waals surface area contributed by atoms with Gasteiger partial charge in [-0.05, 0) is 35.6 Å². The molecule has 2 aliphatic rings. The number of rotatable bonds is 6. The van der Waals surface area contributed by atoms with Crippen molar-refractivity contribution < 1.29 is 23.2 Å². The van der Waals surface area contributed by atoms with Crippen LogP contribution >= 0.6 is 0 Å². The Labute approximate surface area is 173 Å². The highest BCUT2D eigenvalue weighted by Gasteiger charge is 2.62. The number of amides is 3. The largest absolute Gasteiger partial charge is 0.355 e. The fourth-order valence-electron chi connectivity index (χ4n) is 4.44. The van der Waals surface area contributed by atoms with Crippen molar-refractivity contribution in [2.75, 3.05) is 13.1 Å². The highest BCUT2D eigenvalue weighted by Crippen LogP contribution is 2.64. The predicted molar refractivity (Wildman–Crippen MR) is 106 cm³/mol. The number of carbonyl (C=O) groups is 3. The molecule has 0 radical (unpaired) electrons. The van der Waals surface area contributed by atoms with Crippen molar-refractivity contribution in [3.63, 3.8) is 0 Å². The number of hydrogen-bond donors (Lipinski definition) is 1. The fraction of sp³-hybridized carbons (Fsp3) is 0.348. The van der Waals surface area contributed by atoms with Gasteiger partial charge in [-0.1, -0.05) is 32.0 Å². The Bertz CT molecular complexity index is 1030. The minimum atomic E-state index is -0.644. The molecule has 4 rings (SSSR count). The van der Waals surface area contributed by atoms with Crippen LogP contribution in [0, 0.1) is 17.0 Å². The lowest BCUT2D eigenvalue weighted by Gasteiger charge is -2.23. The van der Waals surface area contributed by atoms with Gasteiger partial charge in [0, 0.05) is 31.0 Å². The molecule has 7 heteroatoms. The van der Waals surface area contributed by atoms with E-state index in [-0.39, 0.29) is 30.8 Å². The Hall–Kier alpha value is -3.09. The Balaban J connectivity index is 1.39. The second-order valence-corrected chi connectivity index (χ2v) is 8.60. The first-order valence-corrected chi connectivity index (χ1v) is 9.84. The number of hydrogen-bond acceptors (Lipinski definition) is 3. The van der Waals surface area contributed by atoms with E-state index >= 15 is 0 Å². The molecule has 0 bridgehead atoms. The van der Waals surface area contributed by atoms with Gasteiger partial charge in [0.05, 0.1) is 11.1 Å². The van der Waals surface area contributed by atoms with E-state index in [1.54, 1.807) is 24.3 Å². The molecule has 1 fully saturated rings. The lowest BCUT2D eigenvalue weighted by molar-refractivity contribution is -0.121. The first-order chi connectivity index (χ1) is 14.2. The topological polar surface area (TPSA) is 66.5 Å². The normalized spacial score (nSPS) is 21.5. The van der Waals surface area contributed by atoms with Gasteiger partial charge >= 0.3 is 0 Å². The van der Waals surface area contributed by atoms with Crippen molar-refractivity contribution in [1.29, 1.82) is 0 Å². The van der Waals surface area contributed by atoms with Crippen LogP contribution in [0.15, 0.2) is 42.5 Å². The maximum absolute atomic E-state index is 14.4. The van der Waals surface area contributed by atoms with Crippen LogP contribution in [-0.4, -0.2) is 35.7 Å². The van der Waals surface area contributed by atoms with Gasteiger partial charge in [0.15, 0.2) is 0 Å². The quantitative estimate of drug-likeness (QED) is 0.740. The molecular weight excluding hydrogens is 390 g/mol. The summed E-state index contributed by atoms with van der Waals surface area (Å²) in [5.74, 6) is -2.42. The summed E-state index contributed by atoms with van der Waals surface area (Å²) in [4.78, 5) is 38.3. The highest BCUT2D eigenvalue weighted by atomic mass is 19.1. The summed E-state index contributed by atoms with van der Waals surface area (Å²) in [6.45, 7) is 4.12. The minimum Gasteiger partial charge on any atom is -0.355 e. The van der Waals surface area contributed by atoms with Crippen LogP contribution in [0.4, 0.5) is 8.78 Å². The Morgan fingerprint density at radius 1 is 1.07 bits per heavy atom. The number of carbonyl (C=O) groups excluding carboxylic acids is 3. The molecule has 1 unspecified atom stereocenters. The van der Waals surface area contributed by atoms with Gasteiger partial charge in [-0.2, -0.15) is 0 Å². The number of nitrogens with zero attached hydrogens (tertiary/aromatic N) is 1. The van der Waals surface area contributed by atoms with Crippen LogP contribution in [-0.2, 0) is 10.2 Å². The van der Waals surface area contributed by atoms with Crippen molar-refractivity contribution in [2.45, 2.75) is 32.1 Å². The molecule has 0 spiro atoms. The lowest BCUT2D eigenvalue weighted by atomic mass is 9.87. The van der Waals surface area contributed by atoms with Crippen LogP contribution < -0.4 is 5.32 Å². The minimum absolute atomic E-state index is 0.0283. The maximum Gasteiger partial charge on any atom is 0.261 e. The Morgan fingerprint density at radius 2 is 1.67 bits per heavy atom. The van der Waals surface area contributed by atoms with Gasteiger partial charge in [0.1, 0.15) is 11.6 Å². The van der Waals surface area contributed by atoms with E-state index in [1.165, 1.54) is 12.1 Å². The lowest BCUT2D eigenvalue weighted by Crippen LogP contribution is -2.38. The molecule has 1 aliphatic carbocycles. The monoisotopic (exact) mass is 412 g/mol. The summed E-state index contributed by atoms with van der Waals surface area (Å²) in [6.07, 6.45) is 0.606. The number of nitrogens with one attached hydrogen (secondary N) is 1. The smallest absolute Gasteiger partial charge is 0.261 e. The standard InChI is InChI=1S/C23H22F2N2O3/c1-22(2)12-23(22,17-8-7-14(24)11-18(17)25)13-26-19(28)9-10-27-20(29)15-5-3-4-6-16(15)21(27)30/h3-8,11H,9-10,12-13H2,1-2H3,(H,26,28). The third-order valence-electron chi connectivity index (χ3n) is 6.39. The summed E-state index contributed by atoms with van der Waals surface area (Å²) in [6, 6.07) is 10.1. The molecule has 0 saturated heterocycles. The predicted octanol–water partition coefficient (Wildman–Crippen LogP) is 3.44. The van der Waals surface area contributed by atoms with Crippen molar-refractivity contribution in [3.8, 4) is 0 Å². The summed E-state index contributed by atoms with van der Waals surface area (Å²) in [7, 11) is 0. The molecule has 30 heavy (non-hydrogen) atoms. The van der Waals surface area contributed by atoms with Gasteiger partial charge in [-0.25, -0.2) is 8.78 Å². The molecule has 1 N–H and O–H groups in total. The van der Waals surface area contributed by atoms with Crippen molar-refractivity contribution in [2.24, 2.45) is 5.41 Å². The molecule has 0 aromatic heterocycles. The molecule has 5 nitrogen and oxygen atoms in total. The van der Waals surface area contributed by atoms with Gasteiger partial charge in [0.2, 0.25) is 5.91 Å². The summed E-state index contributed by atoms with van der Waals surface area (Å²) in [5, 5.41) is 2.81. The van der Waals surface area contributed by atoms with Gasteiger partial charge in [-0.3, -0.25) is 19.3 Å². The highest BCUT2D eigenvalue weighted by molar-refractivity contribution is 6.21. The molecule has 2 aromatic rings. The van der Waals surface area contributed by atoms with Crippen LogP contribution in [0.2, 0.25) is 0 Å². The summed E-state index contributed by atoms with van der Waals surface area (Å²) >= 11 is 0. The number of halogens is 2. The SMILES string of the molecule is CC1(C)CC1(CNC(=O)CCN1C(=O)c2ccccc2C1=O)c1ccc(F)cc1F. The Morgan fingerprint density at radius 3 is 2.20 bits per heavy atom. The summed E-state index contributed by atoms with van der Waals surface area (Å²) < 4.78 is 27.7. The van der Waals surface area contributed by atoms with Crippen molar-refractivity contribution in [1.82, 2.24) is 10.2 Å². The fourth-order valence-corrected chi connectivity index (χ4v) is 4.44.